The van der Waals surface area contributed by atoms with E-state index in [-0.39, 0.29) is 0 Å². The average Bonchev–Trinajstić information content (AvgIpc) is 2.78. The van der Waals surface area contributed by atoms with Crippen LogP contribution in [0, 0.1) is 5.92 Å². The van der Waals surface area contributed by atoms with Gasteiger partial charge in [-0.15, -0.1) is 0 Å². The lowest BCUT2D eigenvalue weighted by molar-refractivity contribution is 0.314. The summed E-state index contributed by atoms with van der Waals surface area (Å²) in [6, 6.07) is 4.02. The maximum absolute atomic E-state index is 5.06. The van der Waals surface area contributed by atoms with Gasteiger partial charge in [0.1, 0.15) is 0 Å². The van der Waals surface area contributed by atoms with Gasteiger partial charge in [0.05, 0.1) is 7.11 Å². The SMILES string of the molecule is CNCC1CCN(Cc2ccc(OC)nc2)C1. The molecular weight excluding hydrogens is 214 g/mol. The molecule has 1 aromatic heterocycles. The Labute approximate surface area is 103 Å². The van der Waals surface area contributed by atoms with E-state index in [0.717, 1.165) is 19.0 Å². The molecule has 0 radical (unpaired) electrons. The van der Waals surface area contributed by atoms with Crippen molar-refractivity contribution in [2.75, 3.05) is 33.8 Å². The molecule has 0 bridgehead atoms. The van der Waals surface area contributed by atoms with E-state index in [1.54, 1.807) is 7.11 Å². The quantitative estimate of drug-likeness (QED) is 0.830. The van der Waals surface area contributed by atoms with Crippen molar-refractivity contribution in [1.82, 2.24) is 15.2 Å². The molecule has 1 aliphatic rings. The average molecular weight is 235 g/mol. The number of aromatic nitrogens is 1. The van der Waals surface area contributed by atoms with E-state index in [9.17, 15) is 0 Å². The topological polar surface area (TPSA) is 37.4 Å². The summed E-state index contributed by atoms with van der Waals surface area (Å²) in [6.07, 6.45) is 3.20. The normalized spacial score (nSPS) is 20.7. The maximum atomic E-state index is 5.06. The minimum Gasteiger partial charge on any atom is -0.481 e. The maximum Gasteiger partial charge on any atom is 0.212 e. The van der Waals surface area contributed by atoms with Crippen LogP contribution in [-0.2, 0) is 6.54 Å². The zero-order valence-electron chi connectivity index (χ0n) is 10.6. The van der Waals surface area contributed by atoms with Crippen LogP contribution in [0.4, 0.5) is 0 Å². The van der Waals surface area contributed by atoms with E-state index < -0.39 is 0 Å². The Morgan fingerprint density at radius 2 is 2.41 bits per heavy atom. The molecule has 1 fully saturated rings. The summed E-state index contributed by atoms with van der Waals surface area (Å²) >= 11 is 0. The molecule has 4 nitrogen and oxygen atoms in total. The van der Waals surface area contributed by atoms with Gasteiger partial charge in [0, 0.05) is 25.4 Å². The smallest absolute Gasteiger partial charge is 0.212 e. The summed E-state index contributed by atoms with van der Waals surface area (Å²) in [7, 11) is 3.67. The van der Waals surface area contributed by atoms with Gasteiger partial charge in [-0.25, -0.2) is 4.98 Å². The number of hydrogen-bond donors (Lipinski definition) is 1. The molecule has 1 aliphatic heterocycles. The van der Waals surface area contributed by atoms with Crippen molar-refractivity contribution in [3.8, 4) is 5.88 Å². The first-order valence-corrected chi connectivity index (χ1v) is 6.17. The van der Waals surface area contributed by atoms with Gasteiger partial charge in [-0.05, 0) is 38.0 Å². The number of ether oxygens (including phenoxy) is 1. The fraction of sp³-hybridized carbons (Fsp3) is 0.615. The molecule has 94 valence electrons. The molecular formula is C13H21N3O. The fourth-order valence-electron chi connectivity index (χ4n) is 2.40. The summed E-state index contributed by atoms with van der Waals surface area (Å²) in [5.74, 6) is 1.48. The zero-order chi connectivity index (χ0) is 12.1. The van der Waals surface area contributed by atoms with E-state index in [4.69, 9.17) is 4.74 Å². The highest BCUT2D eigenvalue weighted by molar-refractivity contribution is 5.17. The van der Waals surface area contributed by atoms with E-state index in [1.165, 1.54) is 25.1 Å². The Morgan fingerprint density at radius 1 is 1.53 bits per heavy atom. The summed E-state index contributed by atoms with van der Waals surface area (Å²) in [6.45, 7) is 4.50. The van der Waals surface area contributed by atoms with Crippen molar-refractivity contribution in [3.63, 3.8) is 0 Å². The number of methoxy groups -OCH3 is 1. The van der Waals surface area contributed by atoms with Crippen molar-refractivity contribution in [2.24, 2.45) is 5.92 Å². The van der Waals surface area contributed by atoms with Crippen molar-refractivity contribution in [3.05, 3.63) is 23.9 Å². The first kappa shape index (κ1) is 12.3. The first-order chi connectivity index (χ1) is 8.31. The van der Waals surface area contributed by atoms with Crippen LogP contribution < -0.4 is 10.1 Å². The molecule has 0 aromatic carbocycles. The highest BCUT2D eigenvalue weighted by atomic mass is 16.5. The largest absolute Gasteiger partial charge is 0.481 e. The Hall–Kier alpha value is -1.13. The lowest BCUT2D eigenvalue weighted by Crippen LogP contribution is -2.24. The number of nitrogens with one attached hydrogen (secondary N) is 1. The van der Waals surface area contributed by atoms with Crippen LogP contribution >= 0.6 is 0 Å². The van der Waals surface area contributed by atoms with Gasteiger partial charge in [0.2, 0.25) is 5.88 Å². The summed E-state index contributed by atoms with van der Waals surface area (Å²) < 4.78 is 5.06. The van der Waals surface area contributed by atoms with Gasteiger partial charge in [-0.2, -0.15) is 0 Å². The molecule has 1 aromatic rings. The molecule has 0 amide bonds. The molecule has 2 rings (SSSR count). The van der Waals surface area contributed by atoms with Crippen LogP contribution in [0.25, 0.3) is 0 Å². The predicted octanol–water partition coefficient (Wildman–Crippen LogP) is 1.13. The summed E-state index contributed by atoms with van der Waals surface area (Å²) in [5, 5.41) is 3.25. The Balaban J connectivity index is 1.84. The molecule has 0 saturated carbocycles. The van der Waals surface area contributed by atoms with Gasteiger partial charge in [0.25, 0.3) is 0 Å². The monoisotopic (exact) mass is 235 g/mol. The highest BCUT2D eigenvalue weighted by Crippen LogP contribution is 2.18. The molecule has 1 N–H and O–H groups in total. The second-order valence-electron chi connectivity index (χ2n) is 4.66. The molecule has 1 unspecified atom stereocenters. The standard InChI is InChI=1S/C13H21N3O/c1-14-7-12-5-6-16(10-12)9-11-3-4-13(17-2)15-8-11/h3-4,8,12,14H,5-7,9-10H2,1-2H3. The van der Waals surface area contributed by atoms with Crippen LogP contribution in [0.1, 0.15) is 12.0 Å². The van der Waals surface area contributed by atoms with E-state index in [0.29, 0.717) is 5.88 Å². The molecule has 2 heterocycles. The second kappa shape index (κ2) is 5.98. The first-order valence-electron chi connectivity index (χ1n) is 6.17. The number of hydrogen-bond acceptors (Lipinski definition) is 4. The van der Waals surface area contributed by atoms with Crippen LogP contribution in [0.2, 0.25) is 0 Å². The van der Waals surface area contributed by atoms with Crippen LogP contribution in [-0.4, -0.2) is 43.7 Å². The van der Waals surface area contributed by atoms with Crippen LogP contribution in [0.3, 0.4) is 0 Å². The molecule has 0 aliphatic carbocycles. The van der Waals surface area contributed by atoms with Gasteiger partial charge in [0.15, 0.2) is 0 Å². The minimum absolute atomic E-state index is 0.684. The number of rotatable bonds is 5. The number of nitrogens with zero attached hydrogens (tertiary/aromatic N) is 2. The lowest BCUT2D eigenvalue weighted by atomic mass is 10.1. The molecule has 4 heteroatoms. The Morgan fingerprint density at radius 3 is 3.06 bits per heavy atom. The van der Waals surface area contributed by atoms with Crippen LogP contribution in [0.5, 0.6) is 5.88 Å². The highest BCUT2D eigenvalue weighted by Gasteiger charge is 2.21. The number of pyridine rings is 1. The minimum atomic E-state index is 0.684. The van der Waals surface area contributed by atoms with Crippen molar-refractivity contribution in [1.29, 1.82) is 0 Å². The summed E-state index contributed by atoms with van der Waals surface area (Å²) in [4.78, 5) is 6.72. The van der Waals surface area contributed by atoms with Crippen molar-refractivity contribution >= 4 is 0 Å². The van der Waals surface area contributed by atoms with E-state index in [1.807, 2.05) is 19.3 Å². The third kappa shape index (κ3) is 3.41. The van der Waals surface area contributed by atoms with E-state index in [2.05, 4.69) is 21.3 Å². The van der Waals surface area contributed by atoms with Crippen molar-refractivity contribution < 1.29 is 4.74 Å². The number of likely N-dealkylation sites (tertiary alicyclic amines) is 1. The lowest BCUT2D eigenvalue weighted by Gasteiger charge is -2.15. The van der Waals surface area contributed by atoms with Gasteiger partial charge >= 0.3 is 0 Å². The predicted molar refractivity (Wildman–Crippen MR) is 68.1 cm³/mol. The molecule has 1 saturated heterocycles. The Kier molecular flexibility index (Phi) is 4.34. The van der Waals surface area contributed by atoms with Gasteiger partial charge in [-0.1, -0.05) is 6.07 Å². The second-order valence-corrected chi connectivity index (χ2v) is 4.66. The summed E-state index contributed by atoms with van der Waals surface area (Å²) in [5.41, 5.74) is 1.26. The Bertz CT molecular complexity index is 339. The van der Waals surface area contributed by atoms with Gasteiger partial charge < -0.3 is 10.1 Å². The van der Waals surface area contributed by atoms with Crippen molar-refractivity contribution in [2.45, 2.75) is 13.0 Å². The van der Waals surface area contributed by atoms with E-state index >= 15 is 0 Å². The molecule has 17 heavy (non-hydrogen) atoms. The third-order valence-corrected chi connectivity index (χ3v) is 3.28. The zero-order valence-corrected chi connectivity index (χ0v) is 10.6. The fourth-order valence-corrected chi connectivity index (χ4v) is 2.40. The molecule has 0 spiro atoms. The van der Waals surface area contributed by atoms with Gasteiger partial charge in [-0.3, -0.25) is 4.90 Å². The van der Waals surface area contributed by atoms with Crippen LogP contribution in [0.15, 0.2) is 18.3 Å². The molecule has 1 atom stereocenters. The third-order valence-electron chi connectivity index (χ3n) is 3.28.